The number of nitrogens with zero attached hydrogens (tertiary/aromatic N) is 3. The minimum Gasteiger partial charge on any atom is -0.454 e. The molecule has 0 aliphatic heterocycles. The van der Waals surface area contributed by atoms with Gasteiger partial charge in [0.05, 0.1) is 5.02 Å². The zero-order chi connectivity index (χ0) is 16.1. The maximum absolute atomic E-state index is 9.12. The third kappa shape index (κ3) is 4.11. The third-order valence-electron chi connectivity index (χ3n) is 3.04. The van der Waals surface area contributed by atoms with E-state index in [-0.39, 0.29) is 10.7 Å². The number of ether oxygens (including phenoxy) is 1. The molecule has 1 heterocycles. The second-order valence-electron chi connectivity index (χ2n) is 5.01. The fourth-order valence-corrected chi connectivity index (χ4v) is 2.29. The van der Waals surface area contributed by atoms with Gasteiger partial charge in [-0.05, 0) is 38.2 Å². The Morgan fingerprint density at radius 1 is 1.23 bits per heavy atom. The zero-order valence-corrected chi connectivity index (χ0v) is 13.8. The van der Waals surface area contributed by atoms with Crippen molar-refractivity contribution < 1.29 is 4.74 Å². The molecule has 0 spiro atoms. The summed E-state index contributed by atoms with van der Waals surface area (Å²) in [6, 6.07) is 9.19. The van der Waals surface area contributed by atoms with Crippen molar-refractivity contribution in [3.8, 4) is 17.6 Å². The van der Waals surface area contributed by atoms with Crippen molar-refractivity contribution in [3.63, 3.8) is 0 Å². The lowest BCUT2D eigenvalue weighted by atomic mass is 10.1. The molecule has 4 nitrogen and oxygen atoms in total. The predicted octanol–water partition coefficient (Wildman–Crippen LogP) is 4.16. The first kappa shape index (κ1) is 16.6. The molecule has 2 rings (SSSR count). The summed E-state index contributed by atoms with van der Waals surface area (Å²) in [5.41, 5.74) is 1.32. The van der Waals surface area contributed by atoms with Gasteiger partial charge in [-0.1, -0.05) is 29.3 Å². The number of pyridine rings is 1. The van der Waals surface area contributed by atoms with Gasteiger partial charge in [0.2, 0.25) is 0 Å². The van der Waals surface area contributed by atoms with Crippen molar-refractivity contribution in [1.82, 2.24) is 9.88 Å². The first-order chi connectivity index (χ1) is 10.5. The topological polar surface area (TPSA) is 49.1 Å². The molecule has 0 unspecified atom stereocenters. The Morgan fingerprint density at radius 2 is 2.00 bits per heavy atom. The van der Waals surface area contributed by atoms with Crippen LogP contribution in [0.25, 0.3) is 0 Å². The van der Waals surface area contributed by atoms with Crippen molar-refractivity contribution >= 4 is 23.2 Å². The van der Waals surface area contributed by atoms with E-state index < -0.39 is 0 Å². The number of hydrogen-bond donors (Lipinski definition) is 0. The molecular formula is C16H15Cl2N3O. The molecule has 0 aliphatic rings. The van der Waals surface area contributed by atoms with Crippen LogP contribution in [0.1, 0.15) is 11.1 Å². The minimum absolute atomic E-state index is 0.110. The largest absolute Gasteiger partial charge is 0.454 e. The van der Waals surface area contributed by atoms with Crippen LogP contribution in [0.5, 0.6) is 11.5 Å². The first-order valence-corrected chi connectivity index (χ1v) is 7.42. The summed E-state index contributed by atoms with van der Waals surface area (Å²) >= 11 is 12.1. The first-order valence-electron chi connectivity index (χ1n) is 6.67. The Kier molecular flexibility index (Phi) is 5.62. The standard InChI is InChI=1S/C16H15Cl2N3O/c1-21(2)8-6-11-3-4-15(13(17)9-11)22-14-5-7-20-16(18)12(14)10-19/h3-5,7,9H,6,8H2,1-2H3. The Hall–Kier alpha value is -1.80. The highest BCUT2D eigenvalue weighted by molar-refractivity contribution is 6.32. The van der Waals surface area contributed by atoms with Gasteiger partial charge in [0.15, 0.2) is 5.15 Å². The van der Waals surface area contributed by atoms with Gasteiger partial charge in [0.25, 0.3) is 0 Å². The van der Waals surface area contributed by atoms with E-state index in [1.165, 1.54) is 6.20 Å². The highest BCUT2D eigenvalue weighted by Gasteiger charge is 2.12. The summed E-state index contributed by atoms with van der Waals surface area (Å²) in [4.78, 5) is 5.96. The number of halogens is 2. The van der Waals surface area contributed by atoms with Crippen molar-refractivity contribution in [1.29, 1.82) is 5.26 Å². The van der Waals surface area contributed by atoms with E-state index in [0.717, 1.165) is 18.5 Å². The Labute approximate surface area is 139 Å². The molecule has 1 aromatic heterocycles. The summed E-state index contributed by atoms with van der Waals surface area (Å²) < 4.78 is 5.70. The van der Waals surface area contributed by atoms with E-state index in [1.807, 2.05) is 32.3 Å². The summed E-state index contributed by atoms with van der Waals surface area (Å²) in [6.07, 6.45) is 2.38. The van der Waals surface area contributed by atoms with Crippen molar-refractivity contribution in [2.45, 2.75) is 6.42 Å². The van der Waals surface area contributed by atoms with Gasteiger partial charge in [-0.15, -0.1) is 0 Å². The molecule has 1 aromatic carbocycles. The van der Waals surface area contributed by atoms with E-state index in [0.29, 0.717) is 16.5 Å². The Morgan fingerprint density at radius 3 is 2.64 bits per heavy atom. The number of aromatic nitrogens is 1. The molecule has 0 bridgehead atoms. The van der Waals surface area contributed by atoms with Crippen LogP contribution in [0, 0.1) is 11.3 Å². The lowest BCUT2D eigenvalue weighted by Crippen LogP contribution is -2.14. The fourth-order valence-electron chi connectivity index (χ4n) is 1.86. The molecule has 2 aromatic rings. The van der Waals surface area contributed by atoms with Crippen LogP contribution in [0.15, 0.2) is 30.5 Å². The van der Waals surface area contributed by atoms with Crippen LogP contribution >= 0.6 is 23.2 Å². The zero-order valence-electron chi connectivity index (χ0n) is 12.3. The smallest absolute Gasteiger partial charge is 0.150 e. The fraction of sp³-hybridized carbons (Fsp3) is 0.250. The van der Waals surface area contributed by atoms with Crippen LogP contribution < -0.4 is 4.74 Å². The second-order valence-corrected chi connectivity index (χ2v) is 5.77. The second kappa shape index (κ2) is 7.46. The van der Waals surface area contributed by atoms with Crippen molar-refractivity contribution in [3.05, 3.63) is 51.8 Å². The van der Waals surface area contributed by atoms with Crippen LogP contribution in [0.2, 0.25) is 10.2 Å². The third-order valence-corrected chi connectivity index (χ3v) is 3.62. The monoisotopic (exact) mass is 335 g/mol. The van der Waals surface area contributed by atoms with Gasteiger partial charge in [-0.2, -0.15) is 5.26 Å². The molecule has 0 saturated heterocycles. The summed E-state index contributed by atoms with van der Waals surface area (Å²) in [5, 5.41) is 9.72. The summed E-state index contributed by atoms with van der Waals surface area (Å²) in [5.74, 6) is 0.819. The maximum atomic E-state index is 9.12. The molecule has 0 N–H and O–H groups in total. The minimum atomic E-state index is 0.110. The molecule has 6 heteroatoms. The van der Waals surface area contributed by atoms with Crippen LogP contribution in [-0.4, -0.2) is 30.5 Å². The molecule has 0 amide bonds. The highest BCUT2D eigenvalue weighted by atomic mass is 35.5. The lowest BCUT2D eigenvalue weighted by molar-refractivity contribution is 0.413. The number of nitriles is 1. The SMILES string of the molecule is CN(C)CCc1ccc(Oc2ccnc(Cl)c2C#N)c(Cl)c1. The Balaban J connectivity index is 2.21. The van der Waals surface area contributed by atoms with Gasteiger partial charge >= 0.3 is 0 Å². The van der Waals surface area contributed by atoms with Gasteiger partial charge in [0, 0.05) is 18.8 Å². The van der Waals surface area contributed by atoms with Gasteiger partial charge in [-0.25, -0.2) is 4.98 Å². The molecule has 0 atom stereocenters. The van der Waals surface area contributed by atoms with Gasteiger partial charge in [0.1, 0.15) is 23.1 Å². The molecule has 22 heavy (non-hydrogen) atoms. The predicted molar refractivity (Wildman–Crippen MR) is 87.7 cm³/mol. The molecule has 0 fully saturated rings. The molecule has 114 valence electrons. The quantitative estimate of drug-likeness (QED) is 0.770. The van der Waals surface area contributed by atoms with E-state index in [4.69, 9.17) is 33.2 Å². The van der Waals surface area contributed by atoms with E-state index in [9.17, 15) is 0 Å². The maximum Gasteiger partial charge on any atom is 0.150 e. The number of hydrogen-bond acceptors (Lipinski definition) is 4. The van der Waals surface area contributed by atoms with Crippen molar-refractivity contribution in [2.24, 2.45) is 0 Å². The average Bonchev–Trinajstić information content (AvgIpc) is 2.48. The number of benzene rings is 1. The van der Waals surface area contributed by atoms with Crippen LogP contribution in [0.3, 0.4) is 0 Å². The van der Waals surface area contributed by atoms with E-state index >= 15 is 0 Å². The highest BCUT2D eigenvalue weighted by Crippen LogP contribution is 2.33. The number of likely N-dealkylation sites (N-methyl/N-ethyl adjacent to an activating group) is 1. The molecule has 0 radical (unpaired) electrons. The normalized spacial score (nSPS) is 10.5. The van der Waals surface area contributed by atoms with E-state index in [1.54, 1.807) is 12.1 Å². The van der Waals surface area contributed by atoms with E-state index in [2.05, 4.69) is 9.88 Å². The molecular weight excluding hydrogens is 321 g/mol. The van der Waals surface area contributed by atoms with Crippen LogP contribution in [0.4, 0.5) is 0 Å². The number of rotatable bonds is 5. The summed E-state index contributed by atoms with van der Waals surface area (Å²) in [6.45, 7) is 0.940. The molecule has 0 saturated carbocycles. The van der Waals surface area contributed by atoms with Crippen LogP contribution in [-0.2, 0) is 6.42 Å². The van der Waals surface area contributed by atoms with Gasteiger partial charge in [-0.3, -0.25) is 0 Å². The lowest BCUT2D eigenvalue weighted by Gasteiger charge is -2.12. The Bertz CT molecular complexity index is 711. The summed E-state index contributed by atoms with van der Waals surface area (Å²) in [7, 11) is 4.05. The molecule has 0 aliphatic carbocycles. The van der Waals surface area contributed by atoms with Gasteiger partial charge < -0.3 is 9.64 Å². The van der Waals surface area contributed by atoms with Crippen molar-refractivity contribution in [2.75, 3.05) is 20.6 Å². The average molecular weight is 336 g/mol.